The Morgan fingerprint density at radius 3 is 2.15 bits per heavy atom. The van der Waals surface area contributed by atoms with E-state index in [0.29, 0.717) is 0 Å². The summed E-state index contributed by atoms with van der Waals surface area (Å²) in [4.78, 5) is 21.7. The molecule has 0 amide bonds. The fourth-order valence-electron chi connectivity index (χ4n) is 0.573. The second-order valence-electron chi connectivity index (χ2n) is 2.57. The summed E-state index contributed by atoms with van der Waals surface area (Å²) in [6, 6.07) is 0. The molecule has 0 aromatic carbocycles. The molecule has 13 heavy (non-hydrogen) atoms. The van der Waals surface area contributed by atoms with Crippen molar-refractivity contribution in [3.8, 4) is 0 Å². The van der Waals surface area contributed by atoms with E-state index in [9.17, 15) is 18.0 Å². The van der Waals surface area contributed by atoms with Gasteiger partial charge in [0.2, 0.25) is 11.6 Å². The van der Waals surface area contributed by atoms with Crippen LogP contribution in [0.5, 0.6) is 0 Å². The van der Waals surface area contributed by atoms with Crippen molar-refractivity contribution in [2.24, 2.45) is 0 Å². The number of carbonyl (C=O) groups is 2. The van der Waals surface area contributed by atoms with Crippen LogP contribution in [0.25, 0.3) is 0 Å². The van der Waals surface area contributed by atoms with Crippen LogP contribution in [0.4, 0.5) is 0 Å². The summed E-state index contributed by atoms with van der Waals surface area (Å²) in [5.41, 5.74) is 0.0559. The van der Waals surface area contributed by atoms with Crippen molar-refractivity contribution in [3.05, 3.63) is 12.2 Å². The second-order valence-corrected chi connectivity index (χ2v) is 4.14. The van der Waals surface area contributed by atoms with Gasteiger partial charge in [0.1, 0.15) is 0 Å². The molecule has 0 aliphatic carbocycles. The van der Waals surface area contributed by atoms with Gasteiger partial charge in [0, 0.05) is 6.42 Å². The van der Waals surface area contributed by atoms with Crippen LogP contribution in [0.1, 0.15) is 13.3 Å². The van der Waals surface area contributed by atoms with Gasteiger partial charge in [-0.15, -0.1) is 0 Å². The first kappa shape index (κ1) is 12.0. The van der Waals surface area contributed by atoms with Crippen LogP contribution < -0.4 is 0 Å². The van der Waals surface area contributed by atoms with Crippen LogP contribution in [0.3, 0.4) is 0 Å². The highest BCUT2D eigenvalue weighted by Crippen LogP contribution is 1.97. The Morgan fingerprint density at radius 2 is 1.85 bits per heavy atom. The average Bonchev–Trinajstić information content (AvgIpc) is 1.97. The first-order chi connectivity index (χ1) is 5.74. The lowest BCUT2D eigenvalue weighted by molar-refractivity contribution is -0.134. The Balaban J connectivity index is 4.19. The van der Waals surface area contributed by atoms with Gasteiger partial charge in [0.15, 0.2) is 0 Å². The normalized spacial score (nSPS) is 10.9. The zero-order chi connectivity index (χ0) is 10.6. The molecule has 74 valence electrons. The van der Waals surface area contributed by atoms with Gasteiger partial charge < -0.3 is 0 Å². The molecule has 5 nitrogen and oxygen atoms in total. The molecule has 0 aromatic rings. The monoisotopic (exact) mass is 206 g/mol. The van der Waals surface area contributed by atoms with E-state index < -0.39 is 33.9 Å². The molecule has 0 fully saturated rings. The molecule has 0 aromatic heterocycles. The molecule has 0 atom stereocenters. The molecule has 0 heterocycles. The highest BCUT2D eigenvalue weighted by molar-refractivity contribution is 7.85. The van der Waals surface area contributed by atoms with Crippen molar-refractivity contribution < 1.29 is 22.6 Å². The number of carbonyl (C=O) groups excluding carboxylic acids is 2. The molecule has 1 N–H and O–H groups in total. The summed E-state index contributed by atoms with van der Waals surface area (Å²) in [6.07, 6.45) is -0.509. The lowest BCUT2D eigenvalue weighted by Gasteiger charge is -1.96. The summed E-state index contributed by atoms with van der Waals surface area (Å²) in [6.45, 7) is 4.59. The van der Waals surface area contributed by atoms with Crippen LogP contribution >= 0.6 is 0 Å². The lowest BCUT2D eigenvalue weighted by Crippen LogP contribution is -2.18. The third-order valence-corrected chi connectivity index (χ3v) is 1.95. The van der Waals surface area contributed by atoms with E-state index in [2.05, 4.69) is 6.58 Å². The quantitative estimate of drug-likeness (QED) is 0.388. The van der Waals surface area contributed by atoms with Gasteiger partial charge in [0.05, 0.1) is 5.75 Å². The standard InChI is InChI=1S/C7H10O5S/c1-5(2)7(9)6(8)3-4-13(10,11)12/h1,3-4H2,2H3,(H,10,11,12). The zero-order valence-electron chi connectivity index (χ0n) is 7.11. The third-order valence-electron chi connectivity index (χ3n) is 1.23. The van der Waals surface area contributed by atoms with E-state index in [1.54, 1.807) is 0 Å². The predicted molar refractivity (Wildman–Crippen MR) is 45.9 cm³/mol. The minimum Gasteiger partial charge on any atom is -0.290 e. The van der Waals surface area contributed by atoms with Crippen molar-refractivity contribution in [1.82, 2.24) is 0 Å². The number of hydrogen-bond acceptors (Lipinski definition) is 4. The molecule has 0 aliphatic heterocycles. The minimum absolute atomic E-state index is 0.0559. The highest BCUT2D eigenvalue weighted by atomic mass is 32.2. The number of ketones is 2. The van der Waals surface area contributed by atoms with Gasteiger partial charge in [-0.05, 0) is 12.5 Å². The predicted octanol–water partition coefficient (Wildman–Crippen LogP) is -0.0214. The SMILES string of the molecule is C=C(C)C(=O)C(=O)CCS(=O)(=O)O. The number of hydrogen-bond donors (Lipinski definition) is 1. The van der Waals surface area contributed by atoms with Gasteiger partial charge in [-0.3, -0.25) is 14.1 Å². The van der Waals surface area contributed by atoms with E-state index in [-0.39, 0.29) is 5.57 Å². The summed E-state index contributed by atoms with van der Waals surface area (Å²) < 4.78 is 28.7. The second kappa shape index (κ2) is 4.29. The molecule has 6 heteroatoms. The van der Waals surface area contributed by atoms with Crippen LogP contribution in [-0.4, -0.2) is 30.3 Å². The molecular formula is C7H10O5S. The van der Waals surface area contributed by atoms with E-state index in [4.69, 9.17) is 4.55 Å². The maximum atomic E-state index is 10.8. The Hall–Kier alpha value is -1.01. The van der Waals surface area contributed by atoms with Crippen molar-refractivity contribution in [3.63, 3.8) is 0 Å². The van der Waals surface area contributed by atoms with E-state index in [0.717, 1.165) is 0 Å². The van der Waals surface area contributed by atoms with E-state index in [1.165, 1.54) is 6.92 Å². The summed E-state index contributed by atoms with van der Waals surface area (Å²) in [7, 11) is -4.18. The molecule has 0 bridgehead atoms. The number of allylic oxidation sites excluding steroid dienone is 1. The average molecular weight is 206 g/mol. The number of Topliss-reactive ketones (excluding diaryl/α,β-unsaturated/α-hetero) is 2. The maximum Gasteiger partial charge on any atom is 0.265 e. The summed E-state index contributed by atoms with van der Waals surface area (Å²) >= 11 is 0. The van der Waals surface area contributed by atoms with Crippen molar-refractivity contribution in [1.29, 1.82) is 0 Å². The molecule has 0 unspecified atom stereocenters. The molecule has 0 aliphatic rings. The lowest BCUT2D eigenvalue weighted by atomic mass is 10.1. The molecule has 0 spiro atoms. The van der Waals surface area contributed by atoms with E-state index in [1.807, 2.05) is 0 Å². The first-order valence-electron chi connectivity index (χ1n) is 3.42. The molecule has 0 saturated heterocycles. The Labute approximate surface area is 76.2 Å². The summed E-state index contributed by atoms with van der Waals surface area (Å²) in [5.74, 6) is -2.39. The van der Waals surface area contributed by atoms with Gasteiger partial charge in [-0.2, -0.15) is 8.42 Å². The topological polar surface area (TPSA) is 88.5 Å². The van der Waals surface area contributed by atoms with Crippen LogP contribution in [0.2, 0.25) is 0 Å². The first-order valence-corrected chi connectivity index (χ1v) is 5.03. The number of rotatable bonds is 5. The van der Waals surface area contributed by atoms with Crippen molar-refractivity contribution in [2.75, 3.05) is 5.75 Å². The van der Waals surface area contributed by atoms with Gasteiger partial charge >= 0.3 is 0 Å². The largest absolute Gasteiger partial charge is 0.290 e. The van der Waals surface area contributed by atoms with Crippen LogP contribution in [0, 0.1) is 0 Å². The molecular weight excluding hydrogens is 196 g/mol. The molecule has 0 saturated carbocycles. The summed E-state index contributed by atoms with van der Waals surface area (Å²) in [5, 5.41) is 0. The fraction of sp³-hybridized carbons (Fsp3) is 0.429. The minimum atomic E-state index is -4.18. The molecule has 0 rings (SSSR count). The van der Waals surface area contributed by atoms with Crippen LogP contribution in [0.15, 0.2) is 12.2 Å². The van der Waals surface area contributed by atoms with E-state index >= 15 is 0 Å². The van der Waals surface area contributed by atoms with Gasteiger partial charge in [-0.1, -0.05) is 6.58 Å². The Kier molecular flexibility index (Phi) is 3.96. The van der Waals surface area contributed by atoms with Crippen molar-refractivity contribution in [2.45, 2.75) is 13.3 Å². The van der Waals surface area contributed by atoms with Gasteiger partial charge in [-0.25, -0.2) is 0 Å². The van der Waals surface area contributed by atoms with Gasteiger partial charge in [0.25, 0.3) is 10.1 Å². The maximum absolute atomic E-state index is 10.8. The fourth-order valence-corrected chi connectivity index (χ4v) is 1.02. The Bertz CT molecular complexity index is 338. The Morgan fingerprint density at radius 1 is 1.38 bits per heavy atom. The molecule has 0 radical (unpaired) electrons. The zero-order valence-corrected chi connectivity index (χ0v) is 7.93. The third kappa shape index (κ3) is 5.26. The van der Waals surface area contributed by atoms with Crippen LogP contribution in [-0.2, 0) is 19.7 Å². The highest BCUT2D eigenvalue weighted by Gasteiger charge is 2.16. The van der Waals surface area contributed by atoms with Crippen molar-refractivity contribution >= 4 is 21.7 Å². The smallest absolute Gasteiger partial charge is 0.265 e.